The van der Waals surface area contributed by atoms with Crippen molar-refractivity contribution in [2.75, 3.05) is 4.90 Å². The van der Waals surface area contributed by atoms with Crippen molar-refractivity contribution < 1.29 is 23.9 Å². The first-order chi connectivity index (χ1) is 21.2. The van der Waals surface area contributed by atoms with Gasteiger partial charge in [0.1, 0.15) is 11.2 Å². The molecule has 0 bridgehead atoms. The number of benzene rings is 1. The van der Waals surface area contributed by atoms with Crippen molar-refractivity contribution in [3.63, 3.8) is 0 Å². The lowest BCUT2D eigenvalue weighted by Crippen LogP contribution is -2.44. The van der Waals surface area contributed by atoms with E-state index >= 15 is 0 Å². The van der Waals surface area contributed by atoms with Gasteiger partial charge in [-0.1, -0.05) is 23.7 Å². The van der Waals surface area contributed by atoms with E-state index in [2.05, 4.69) is 20.2 Å². The number of imide groups is 1. The summed E-state index contributed by atoms with van der Waals surface area (Å²) in [7, 11) is 0. The molecule has 0 saturated heterocycles. The molecule has 1 aliphatic heterocycles. The van der Waals surface area contributed by atoms with Crippen molar-refractivity contribution in [1.82, 2.24) is 20.2 Å². The van der Waals surface area contributed by atoms with Gasteiger partial charge in [0, 0.05) is 55.0 Å². The molecule has 4 aromatic rings. The maximum atomic E-state index is 13.2. The number of aromatic nitrogens is 2. The fraction of sp³-hybridized carbons (Fsp3) is 0.364. The maximum Gasteiger partial charge on any atom is 0.425 e. The maximum absolute atomic E-state index is 13.2. The highest BCUT2D eigenvalue weighted by molar-refractivity contribution is 7.14. The summed E-state index contributed by atoms with van der Waals surface area (Å²) in [6.07, 6.45) is 3.41. The average Bonchev–Trinajstić information content (AvgIpc) is 3.52. The molecule has 5 rings (SSSR count). The van der Waals surface area contributed by atoms with Crippen molar-refractivity contribution in [3.8, 4) is 0 Å². The topological polar surface area (TPSA) is 114 Å². The first kappa shape index (κ1) is 32.3. The quantitative estimate of drug-likeness (QED) is 0.229. The largest absolute Gasteiger partial charge is 0.443 e. The van der Waals surface area contributed by atoms with Gasteiger partial charge in [0.25, 0.3) is 5.91 Å². The first-order valence-electron chi connectivity index (χ1n) is 14.5. The summed E-state index contributed by atoms with van der Waals surface area (Å²) in [6, 6.07) is 10.9. The number of fused-ring (bicyclic) bond motifs is 2. The fourth-order valence-corrected chi connectivity index (χ4v) is 6.22. The van der Waals surface area contributed by atoms with Crippen LogP contribution < -0.4 is 10.2 Å². The van der Waals surface area contributed by atoms with E-state index in [4.69, 9.17) is 21.1 Å². The number of hydrogen-bond acceptors (Lipinski definition) is 9. The second-order valence-electron chi connectivity index (χ2n) is 12.8. The molecular weight excluding hydrogens is 614 g/mol. The lowest BCUT2D eigenvalue weighted by Gasteiger charge is -2.28. The molecule has 1 aliphatic rings. The Bertz CT molecular complexity index is 1710. The average molecular weight is 650 g/mol. The number of amides is 3. The summed E-state index contributed by atoms with van der Waals surface area (Å²) in [5.74, 6) is -0.136. The van der Waals surface area contributed by atoms with E-state index in [1.807, 2.05) is 24.4 Å². The zero-order chi connectivity index (χ0) is 32.5. The SMILES string of the molecule is CC(C)(C)OC(=O)N(C(=O)OC(C)(C)C)c1nccc2cc(CNC(=O)c3cc(Cl)c(CN4Cc5ccncc5C4)s3)ccc12. The van der Waals surface area contributed by atoms with Gasteiger partial charge in [0.15, 0.2) is 5.82 Å². The molecule has 0 radical (unpaired) electrons. The molecule has 0 spiro atoms. The van der Waals surface area contributed by atoms with E-state index in [-0.39, 0.29) is 18.3 Å². The predicted octanol–water partition coefficient (Wildman–Crippen LogP) is 7.47. The van der Waals surface area contributed by atoms with E-state index < -0.39 is 23.4 Å². The second kappa shape index (κ2) is 12.7. The zero-order valence-corrected chi connectivity index (χ0v) is 27.7. The van der Waals surface area contributed by atoms with Crippen molar-refractivity contribution in [1.29, 1.82) is 0 Å². The summed E-state index contributed by atoms with van der Waals surface area (Å²) < 4.78 is 11.0. The molecule has 0 saturated carbocycles. The summed E-state index contributed by atoms with van der Waals surface area (Å²) >= 11 is 7.92. The Hall–Kier alpha value is -4.06. The highest BCUT2D eigenvalue weighted by Crippen LogP contribution is 2.32. The van der Waals surface area contributed by atoms with Gasteiger partial charge in [0.05, 0.1) is 9.90 Å². The Kier molecular flexibility index (Phi) is 9.16. The first-order valence-corrected chi connectivity index (χ1v) is 15.7. The van der Waals surface area contributed by atoms with Crippen molar-refractivity contribution in [3.05, 3.63) is 86.5 Å². The van der Waals surface area contributed by atoms with E-state index in [9.17, 15) is 14.4 Å². The van der Waals surface area contributed by atoms with Crippen LogP contribution in [-0.2, 0) is 35.7 Å². The van der Waals surface area contributed by atoms with Crippen LogP contribution in [0.2, 0.25) is 5.02 Å². The molecule has 3 aromatic heterocycles. The lowest BCUT2D eigenvalue weighted by molar-refractivity contribution is 0.0429. The Balaban J connectivity index is 1.29. The van der Waals surface area contributed by atoms with Crippen LogP contribution in [0.15, 0.2) is 55.0 Å². The number of rotatable bonds is 6. The van der Waals surface area contributed by atoms with Crippen LogP contribution >= 0.6 is 22.9 Å². The van der Waals surface area contributed by atoms with Crippen molar-refractivity contribution in [2.24, 2.45) is 0 Å². The van der Waals surface area contributed by atoms with Crippen LogP contribution in [0, 0.1) is 0 Å². The molecule has 12 heteroatoms. The highest BCUT2D eigenvalue weighted by atomic mass is 35.5. The molecule has 4 heterocycles. The smallest absolute Gasteiger partial charge is 0.425 e. The number of carbonyl (C=O) groups excluding carboxylic acids is 3. The van der Waals surface area contributed by atoms with Gasteiger partial charge in [-0.3, -0.25) is 14.7 Å². The van der Waals surface area contributed by atoms with E-state index in [0.29, 0.717) is 27.2 Å². The molecule has 10 nitrogen and oxygen atoms in total. The molecule has 3 amide bonds. The molecule has 1 N–H and O–H groups in total. The minimum Gasteiger partial charge on any atom is -0.443 e. The molecule has 1 aromatic carbocycles. The van der Waals surface area contributed by atoms with Crippen molar-refractivity contribution >= 4 is 57.6 Å². The van der Waals surface area contributed by atoms with Gasteiger partial charge >= 0.3 is 12.2 Å². The number of halogens is 1. The van der Waals surface area contributed by atoms with Gasteiger partial charge in [-0.15, -0.1) is 11.3 Å². The third-order valence-corrected chi connectivity index (χ3v) is 8.33. The zero-order valence-electron chi connectivity index (χ0n) is 26.1. The third-order valence-electron chi connectivity index (χ3n) is 6.77. The Labute approximate surface area is 271 Å². The standard InChI is InChI=1S/C33H36ClN5O5S/c1-32(2,3)43-30(41)39(31(42)44-33(4,5)6)28-24-8-7-20(13-21(24)10-12-36-28)15-37-29(40)26-14-25(34)27(45-26)19-38-17-22-9-11-35-16-23(22)18-38/h7-14,16H,15,17-19H2,1-6H3,(H,37,40). The molecule has 0 atom stereocenters. The lowest BCUT2D eigenvalue weighted by atomic mass is 10.1. The van der Waals surface area contributed by atoms with Gasteiger partial charge in [-0.25, -0.2) is 14.6 Å². The van der Waals surface area contributed by atoms with Crippen LogP contribution in [0.4, 0.5) is 15.4 Å². The molecule has 236 valence electrons. The van der Waals surface area contributed by atoms with Crippen LogP contribution in [0.5, 0.6) is 0 Å². The monoisotopic (exact) mass is 649 g/mol. The molecular formula is C33H36ClN5O5S. The molecule has 0 fully saturated rings. The molecule has 0 unspecified atom stereocenters. The highest BCUT2D eigenvalue weighted by Gasteiger charge is 2.34. The van der Waals surface area contributed by atoms with Crippen LogP contribution in [0.3, 0.4) is 0 Å². The Morgan fingerprint density at radius 2 is 1.64 bits per heavy atom. The van der Waals surface area contributed by atoms with Gasteiger partial charge in [-0.05, 0) is 87.9 Å². The third kappa shape index (κ3) is 7.97. The summed E-state index contributed by atoms with van der Waals surface area (Å²) in [5, 5.41) is 4.80. The minimum atomic E-state index is -0.895. The minimum absolute atomic E-state index is 0.0877. The number of anilines is 1. The van der Waals surface area contributed by atoms with Gasteiger partial charge in [-0.2, -0.15) is 4.90 Å². The van der Waals surface area contributed by atoms with Crippen molar-refractivity contribution in [2.45, 2.75) is 78.9 Å². The number of nitrogens with zero attached hydrogens (tertiary/aromatic N) is 4. The van der Waals surface area contributed by atoms with Gasteiger partial charge in [0.2, 0.25) is 0 Å². The number of thiophene rings is 1. The summed E-state index contributed by atoms with van der Waals surface area (Å²) in [6.45, 7) is 12.8. The Morgan fingerprint density at radius 3 is 2.31 bits per heavy atom. The number of nitrogens with one attached hydrogen (secondary N) is 1. The molecule has 0 aliphatic carbocycles. The van der Waals surface area contributed by atoms with Crippen LogP contribution in [-0.4, -0.2) is 44.2 Å². The van der Waals surface area contributed by atoms with E-state index in [0.717, 1.165) is 28.4 Å². The number of ether oxygens (including phenoxy) is 2. The van der Waals surface area contributed by atoms with E-state index in [1.54, 1.807) is 65.9 Å². The van der Waals surface area contributed by atoms with Gasteiger partial charge < -0.3 is 14.8 Å². The number of carbonyl (C=O) groups is 3. The van der Waals surface area contributed by atoms with E-state index in [1.165, 1.54) is 28.7 Å². The molecule has 45 heavy (non-hydrogen) atoms. The second-order valence-corrected chi connectivity index (χ2v) is 14.4. The number of hydrogen-bond donors (Lipinski definition) is 1. The fourth-order valence-electron chi connectivity index (χ4n) is 4.86. The predicted molar refractivity (Wildman–Crippen MR) is 174 cm³/mol. The normalized spacial score (nSPS) is 13.4. The van der Waals surface area contributed by atoms with Crippen LogP contribution in [0.25, 0.3) is 10.8 Å². The number of pyridine rings is 2. The Morgan fingerprint density at radius 1 is 0.956 bits per heavy atom. The van der Waals surface area contributed by atoms with Crippen LogP contribution in [0.1, 0.15) is 72.8 Å². The summed E-state index contributed by atoms with van der Waals surface area (Å²) in [4.78, 5) is 52.6. The summed E-state index contributed by atoms with van der Waals surface area (Å²) in [5.41, 5.74) is 1.59.